The number of carbonyl (C=O) groups is 3. The van der Waals surface area contributed by atoms with Gasteiger partial charge < -0.3 is 14.2 Å². The minimum atomic E-state index is -0.794. The van der Waals surface area contributed by atoms with Gasteiger partial charge in [-0.2, -0.15) is 0 Å². The van der Waals surface area contributed by atoms with Gasteiger partial charge in [0, 0.05) is 19.3 Å². The van der Waals surface area contributed by atoms with E-state index in [4.69, 9.17) is 14.2 Å². The highest BCUT2D eigenvalue weighted by Crippen LogP contribution is 2.16. The summed E-state index contributed by atoms with van der Waals surface area (Å²) in [5.74, 6) is -0.926. The number of esters is 3. The largest absolute Gasteiger partial charge is 0.462 e. The highest BCUT2D eigenvalue weighted by Gasteiger charge is 2.19. The van der Waals surface area contributed by atoms with E-state index >= 15 is 0 Å². The molecular weight excluding hydrogens is 853 g/mol. The summed E-state index contributed by atoms with van der Waals surface area (Å²) < 4.78 is 16.8. The predicted molar refractivity (Wildman–Crippen MR) is 297 cm³/mol. The quantitative estimate of drug-likeness (QED) is 0.0262. The number of hydrogen-bond donors (Lipinski definition) is 0. The van der Waals surface area contributed by atoms with Crippen molar-refractivity contribution in [2.75, 3.05) is 13.2 Å². The third-order valence-electron chi connectivity index (χ3n) is 12.4. The molecular formula is C63H108O6. The molecule has 0 aromatic heterocycles. The first-order valence-corrected chi connectivity index (χ1v) is 29.1. The molecule has 0 spiro atoms. The van der Waals surface area contributed by atoms with Crippen molar-refractivity contribution in [3.05, 3.63) is 85.1 Å². The Morgan fingerprint density at radius 1 is 0.304 bits per heavy atom. The molecule has 0 bridgehead atoms. The van der Waals surface area contributed by atoms with Crippen LogP contribution in [0.25, 0.3) is 0 Å². The van der Waals surface area contributed by atoms with Crippen LogP contribution in [0, 0.1) is 0 Å². The molecule has 0 heterocycles. The van der Waals surface area contributed by atoms with E-state index < -0.39 is 6.10 Å². The maximum Gasteiger partial charge on any atom is 0.306 e. The van der Waals surface area contributed by atoms with Gasteiger partial charge in [-0.05, 0) is 89.9 Å². The Hall–Kier alpha value is -3.41. The summed E-state index contributed by atoms with van der Waals surface area (Å²) in [6.45, 7) is 6.40. The first-order valence-electron chi connectivity index (χ1n) is 29.1. The molecule has 0 saturated carbocycles. The van der Waals surface area contributed by atoms with Crippen molar-refractivity contribution in [1.82, 2.24) is 0 Å². The van der Waals surface area contributed by atoms with Gasteiger partial charge >= 0.3 is 17.9 Å². The molecule has 0 saturated heterocycles. The summed E-state index contributed by atoms with van der Waals surface area (Å²) in [6.07, 6.45) is 74.4. The molecule has 1 unspecified atom stereocenters. The first kappa shape index (κ1) is 65.6. The van der Waals surface area contributed by atoms with Crippen molar-refractivity contribution < 1.29 is 28.6 Å². The van der Waals surface area contributed by atoms with Crippen molar-refractivity contribution in [1.29, 1.82) is 0 Å². The van der Waals surface area contributed by atoms with Gasteiger partial charge in [0.1, 0.15) is 13.2 Å². The SMILES string of the molecule is CC/C=C\C/C=C\C/C=C\C/C=C\CCCCCCCCC(=O)OCC(COC(=O)CCCCC/C=C\C/C=C\C/C=C\CC)OC(=O)CCCCCCCCCCCCCCCCCCCCC. The van der Waals surface area contributed by atoms with E-state index in [1.807, 2.05) is 0 Å². The number of ether oxygens (including phenoxy) is 3. The van der Waals surface area contributed by atoms with Gasteiger partial charge in [0.05, 0.1) is 0 Å². The van der Waals surface area contributed by atoms with Crippen molar-refractivity contribution in [2.24, 2.45) is 0 Å². The molecule has 0 aromatic carbocycles. The zero-order chi connectivity index (χ0) is 50.0. The number of hydrogen-bond acceptors (Lipinski definition) is 6. The highest BCUT2D eigenvalue weighted by molar-refractivity contribution is 5.71. The molecule has 0 aliphatic carbocycles. The Morgan fingerprint density at radius 3 is 0.899 bits per heavy atom. The van der Waals surface area contributed by atoms with Gasteiger partial charge in [-0.1, -0.05) is 254 Å². The number of allylic oxidation sites excluding steroid dienone is 14. The van der Waals surface area contributed by atoms with Crippen LogP contribution in [-0.4, -0.2) is 37.2 Å². The van der Waals surface area contributed by atoms with Gasteiger partial charge in [-0.25, -0.2) is 0 Å². The molecule has 69 heavy (non-hydrogen) atoms. The Kier molecular flexibility index (Phi) is 54.3. The summed E-state index contributed by atoms with van der Waals surface area (Å²) >= 11 is 0. The van der Waals surface area contributed by atoms with Crippen LogP contribution in [0.2, 0.25) is 0 Å². The smallest absolute Gasteiger partial charge is 0.306 e. The molecule has 0 radical (unpaired) electrons. The fraction of sp³-hybridized carbons (Fsp3) is 0.730. The third kappa shape index (κ3) is 55.4. The van der Waals surface area contributed by atoms with Gasteiger partial charge in [0.15, 0.2) is 6.10 Å². The van der Waals surface area contributed by atoms with Gasteiger partial charge in [0.25, 0.3) is 0 Å². The minimum Gasteiger partial charge on any atom is -0.462 e. The van der Waals surface area contributed by atoms with Crippen molar-refractivity contribution >= 4 is 17.9 Å². The zero-order valence-electron chi connectivity index (χ0n) is 45.3. The van der Waals surface area contributed by atoms with Crippen molar-refractivity contribution in [3.8, 4) is 0 Å². The van der Waals surface area contributed by atoms with Crippen LogP contribution in [0.4, 0.5) is 0 Å². The predicted octanol–water partition coefficient (Wildman–Crippen LogP) is 19.5. The highest BCUT2D eigenvalue weighted by atomic mass is 16.6. The molecule has 0 aliphatic heterocycles. The molecule has 6 nitrogen and oxygen atoms in total. The Bertz CT molecular complexity index is 1330. The molecule has 0 fully saturated rings. The van der Waals surface area contributed by atoms with E-state index in [2.05, 4.69) is 106 Å². The molecule has 396 valence electrons. The van der Waals surface area contributed by atoms with Crippen LogP contribution in [0.5, 0.6) is 0 Å². The van der Waals surface area contributed by atoms with Crippen LogP contribution >= 0.6 is 0 Å². The van der Waals surface area contributed by atoms with Gasteiger partial charge in [-0.3, -0.25) is 14.4 Å². The second kappa shape index (κ2) is 57.2. The summed E-state index contributed by atoms with van der Waals surface area (Å²) in [5, 5.41) is 0. The number of unbranched alkanes of at least 4 members (excludes halogenated alkanes) is 27. The van der Waals surface area contributed by atoms with Crippen LogP contribution in [-0.2, 0) is 28.6 Å². The molecule has 1 atom stereocenters. The Morgan fingerprint density at radius 2 is 0.565 bits per heavy atom. The van der Waals surface area contributed by atoms with E-state index in [9.17, 15) is 14.4 Å². The van der Waals surface area contributed by atoms with Crippen LogP contribution in [0.1, 0.15) is 278 Å². The maximum atomic E-state index is 12.9. The normalized spacial score (nSPS) is 12.7. The Balaban J connectivity index is 4.39. The van der Waals surface area contributed by atoms with Crippen LogP contribution in [0.15, 0.2) is 85.1 Å². The van der Waals surface area contributed by atoms with E-state index in [-0.39, 0.29) is 31.1 Å². The first-order chi connectivity index (χ1) is 34.0. The zero-order valence-corrected chi connectivity index (χ0v) is 45.3. The topological polar surface area (TPSA) is 78.9 Å². The molecule has 0 aromatic rings. The van der Waals surface area contributed by atoms with Crippen LogP contribution in [0.3, 0.4) is 0 Å². The lowest BCUT2D eigenvalue weighted by Gasteiger charge is -2.18. The number of carbonyl (C=O) groups excluding carboxylic acids is 3. The lowest BCUT2D eigenvalue weighted by molar-refractivity contribution is -0.167. The van der Waals surface area contributed by atoms with Crippen LogP contribution < -0.4 is 0 Å². The summed E-state index contributed by atoms with van der Waals surface area (Å²) in [6, 6.07) is 0. The monoisotopic (exact) mass is 961 g/mol. The Labute approximate surface area is 426 Å². The second-order valence-corrected chi connectivity index (χ2v) is 19.1. The fourth-order valence-corrected chi connectivity index (χ4v) is 8.10. The fourth-order valence-electron chi connectivity index (χ4n) is 8.10. The lowest BCUT2D eigenvalue weighted by atomic mass is 10.0. The summed E-state index contributed by atoms with van der Waals surface area (Å²) in [7, 11) is 0. The lowest BCUT2D eigenvalue weighted by Crippen LogP contribution is -2.30. The molecule has 6 heteroatoms. The number of rotatable bonds is 52. The van der Waals surface area contributed by atoms with Gasteiger partial charge in [0.2, 0.25) is 0 Å². The minimum absolute atomic E-state index is 0.0920. The van der Waals surface area contributed by atoms with Crippen molar-refractivity contribution in [3.63, 3.8) is 0 Å². The van der Waals surface area contributed by atoms with Crippen molar-refractivity contribution in [2.45, 2.75) is 284 Å². The molecule has 0 amide bonds. The average molecular weight is 962 g/mol. The molecule has 0 rings (SSSR count). The average Bonchev–Trinajstić information content (AvgIpc) is 3.35. The van der Waals surface area contributed by atoms with E-state index in [1.54, 1.807) is 0 Å². The van der Waals surface area contributed by atoms with E-state index in [1.165, 1.54) is 116 Å². The van der Waals surface area contributed by atoms with E-state index in [0.29, 0.717) is 19.3 Å². The van der Waals surface area contributed by atoms with E-state index in [0.717, 1.165) is 122 Å². The molecule has 0 aliphatic rings. The summed E-state index contributed by atoms with van der Waals surface area (Å²) in [5.41, 5.74) is 0. The molecule has 0 N–H and O–H groups in total. The third-order valence-corrected chi connectivity index (χ3v) is 12.4. The second-order valence-electron chi connectivity index (χ2n) is 19.1. The maximum absolute atomic E-state index is 12.9. The summed E-state index contributed by atoms with van der Waals surface area (Å²) in [4.78, 5) is 38.2. The van der Waals surface area contributed by atoms with Gasteiger partial charge in [-0.15, -0.1) is 0 Å². The standard InChI is InChI=1S/C63H108O6/c1-4-7-10-13-16-19-22-25-27-29-31-33-35-38-41-44-47-50-53-56-62(65)68-59-60(58-67-61(64)55-52-49-46-43-40-37-24-21-18-15-12-9-6-3)69-63(66)57-54-51-48-45-42-39-36-34-32-30-28-26-23-20-17-14-11-8-5-2/h7,9-10,12,16,18-19,21,25,27,31,33,37,40,60H,4-6,8,11,13-15,17,20,22-24,26,28-30,32,34-36,38-39,41-59H2,1-3H3/b10-7-,12-9-,19-16-,21-18-,27-25-,33-31-,40-37-.